The monoisotopic (exact) mass is 416 g/mol. The van der Waals surface area contributed by atoms with Gasteiger partial charge in [0.25, 0.3) is 0 Å². The Bertz CT molecular complexity index is 909. The van der Waals surface area contributed by atoms with Gasteiger partial charge in [-0.05, 0) is 35.7 Å². The molecule has 0 saturated carbocycles. The smallest absolute Gasteiger partial charge is 0.230 e. The van der Waals surface area contributed by atoms with Gasteiger partial charge < -0.3 is 0 Å². The van der Waals surface area contributed by atoms with Crippen molar-refractivity contribution in [2.45, 2.75) is 31.8 Å². The summed E-state index contributed by atoms with van der Waals surface area (Å²) < 4.78 is 0. The molecule has 0 spiro atoms. The van der Waals surface area contributed by atoms with Crippen molar-refractivity contribution < 1.29 is 4.79 Å². The van der Waals surface area contributed by atoms with Crippen molar-refractivity contribution in [3.8, 4) is 0 Å². The first-order valence-corrected chi connectivity index (χ1v) is 11.1. The molecule has 3 nitrogen and oxygen atoms in total. The predicted molar refractivity (Wildman–Crippen MR) is 117 cm³/mol. The number of carbonyl (C=O) groups excluding carboxylic acids is 1. The van der Waals surface area contributed by atoms with E-state index in [9.17, 15) is 4.79 Å². The molecular weight excluding hydrogens is 396 g/mol. The van der Waals surface area contributed by atoms with E-state index in [0.29, 0.717) is 0 Å². The first-order chi connectivity index (χ1) is 13.1. The third-order valence-corrected chi connectivity index (χ3v) is 6.26. The van der Waals surface area contributed by atoms with Gasteiger partial charge in [0, 0.05) is 28.8 Å². The molecule has 0 N–H and O–H groups in total. The van der Waals surface area contributed by atoms with E-state index in [4.69, 9.17) is 16.6 Å². The second-order valence-electron chi connectivity index (χ2n) is 6.08. The maximum atomic E-state index is 12.3. The summed E-state index contributed by atoms with van der Waals surface area (Å²) in [6.45, 7) is 3.68. The summed E-state index contributed by atoms with van der Waals surface area (Å²) in [6.07, 6.45) is 0.870. The Morgan fingerprint density at radius 1 is 1.15 bits per heavy atom. The van der Waals surface area contributed by atoms with Crippen molar-refractivity contribution in [3.05, 3.63) is 75.8 Å². The lowest BCUT2D eigenvalue weighted by Crippen LogP contribution is -2.23. The predicted octanol–water partition coefficient (Wildman–Crippen LogP) is 6.48. The first kappa shape index (κ1) is 19.9. The average Bonchev–Trinajstić information content (AvgIpc) is 3.12. The highest BCUT2D eigenvalue weighted by Gasteiger charge is 2.20. The quantitative estimate of drug-likeness (QED) is 0.442. The molecule has 1 heterocycles. The number of benzene rings is 2. The summed E-state index contributed by atoms with van der Waals surface area (Å²) in [4.78, 5) is 18.8. The third kappa shape index (κ3) is 5.12. The highest BCUT2D eigenvalue weighted by molar-refractivity contribution is 7.97. The zero-order valence-electron chi connectivity index (χ0n) is 15.3. The van der Waals surface area contributed by atoms with Crippen LogP contribution in [0.5, 0.6) is 0 Å². The van der Waals surface area contributed by atoms with Crippen LogP contribution in [0.2, 0.25) is 5.02 Å². The molecule has 0 aliphatic carbocycles. The molecule has 2 aromatic carbocycles. The third-order valence-electron chi connectivity index (χ3n) is 4.09. The molecule has 27 heavy (non-hydrogen) atoms. The Hall–Kier alpha value is -1.82. The molecule has 6 heteroatoms. The number of thiazole rings is 1. The number of thioether (sulfide) groups is 1. The number of hydrogen-bond acceptors (Lipinski definition) is 4. The molecule has 140 valence electrons. The fraction of sp³-hybridized carbons (Fsp3) is 0.238. The topological polar surface area (TPSA) is 33.2 Å². The van der Waals surface area contributed by atoms with Crippen LogP contribution in [-0.4, -0.2) is 10.9 Å². The fourth-order valence-electron chi connectivity index (χ4n) is 2.75. The highest BCUT2D eigenvalue weighted by Crippen LogP contribution is 2.32. The van der Waals surface area contributed by atoms with Crippen LogP contribution in [0.4, 0.5) is 10.8 Å². The Morgan fingerprint density at radius 2 is 1.89 bits per heavy atom. The second kappa shape index (κ2) is 9.40. The van der Waals surface area contributed by atoms with E-state index < -0.39 is 0 Å². The Morgan fingerprint density at radius 3 is 2.59 bits per heavy atom. The van der Waals surface area contributed by atoms with Gasteiger partial charge in [-0.15, -0.1) is 11.3 Å². The number of aromatic nitrogens is 1. The summed E-state index contributed by atoms with van der Waals surface area (Å²) in [6, 6.07) is 15.9. The molecule has 0 atom stereocenters. The molecule has 1 aromatic heterocycles. The van der Waals surface area contributed by atoms with E-state index in [-0.39, 0.29) is 5.91 Å². The van der Waals surface area contributed by atoms with Gasteiger partial charge in [-0.1, -0.05) is 48.9 Å². The summed E-state index contributed by atoms with van der Waals surface area (Å²) in [7, 11) is 0. The van der Waals surface area contributed by atoms with Gasteiger partial charge in [0.05, 0.1) is 11.4 Å². The zero-order chi connectivity index (χ0) is 19.2. The standard InChI is InChI=1S/C21H21ClN2OS2/c1-3-17-6-4-5-7-20(17)24(15(2)25)21-23-19(14-27-21)13-26-12-16-8-10-18(22)11-9-16/h4-11,14H,3,12-13H2,1-2H3. The van der Waals surface area contributed by atoms with Gasteiger partial charge in [-0.3, -0.25) is 9.69 Å². The number of halogens is 1. The first-order valence-electron chi connectivity index (χ1n) is 8.73. The van der Waals surface area contributed by atoms with E-state index in [1.807, 2.05) is 47.8 Å². The Labute approximate surface area is 173 Å². The fourth-order valence-corrected chi connectivity index (χ4v) is 4.75. The Kier molecular flexibility index (Phi) is 6.94. The number of rotatable bonds is 7. The van der Waals surface area contributed by atoms with Crippen molar-refractivity contribution >= 4 is 51.4 Å². The molecule has 0 bridgehead atoms. The highest BCUT2D eigenvalue weighted by atomic mass is 35.5. The lowest BCUT2D eigenvalue weighted by molar-refractivity contribution is -0.115. The minimum absolute atomic E-state index is 0.0226. The van der Waals surface area contributed by atoms with Crippen LogP contribution >= 0.6 is 34.7 Å². The summed E-state index contributed by atoms with van der Waals surface area (Å²) in [5.74, 6) is 1.69. The average molecular weight is 417 g/mol. The van der Waals surface area contributed by atoms with Crippen LogP contribution in [0.3, 0.4) is 0 Å². The van der Waals surface area contributed by atoms with E-state index in [2.05, 4.69) is 13.0 Å². The number of para-hydroxylation sites is 1. The van der Waals surface area contributed by atoms with E-state index in [1.54, 1.807) is 23.6 Å². The maximum Gasteiger partial charge on any atom is 0.230 e. The number of amides is 1. The van der Waals surface area contributed by atoms with Crippen molar-refractivity contribution in [3.63, 3.8) is 0 Å². The SMILES string of the molecule is CCc1ccccc1N(C(C)=O)c1nc(CSCc2ccc(Cl)cc2)cs1. The summed E-state index contributed by atoms with van der Waals surface area (Å²) >= 11 is 9.24. The maximum absolute atomic E-state index is 12.3. The van der Waals surface area contributed by atoms with Gasteiger partial charge >= 0.3 is 0 Å². The van der Waals surface area contributed by atoms with Gasteiger partial charge in [0.2, 0.25) is 5.91 Å². The van der Waals surface area contributed by atoms with Crippen molar-refractivity contribution in [2.75, 3.05) is 4.90 Å². The zero-order valence-corrected chi connectivity index (χ0v) is 17.7. The number of aryl methyl sites for hydroxylation is 1. The molecule has 0 radical (unpaired) electrons. The molecule has 1 amide bonds. The van der Waals surface area contributed by atoms with Gasteiger partial charge in [-0.2, -0.15) is 11.8 Å². The number of nitrogens with zero attached hydrogens (tertiary/aromatic N) is 2. The lowest BCUT2D eigenvalue weighted by Gasteiger charge is -2.20. The molecule has 0 aliphatic heterocycles. The second-order valence-corrected chi connectivity index (χ2v) is 8.34. The Balaban J connectivity index is 1.70. The van der Waals surface area contributed by atoms with Crippen LogP contribution < -0.4 is 4.90 Å². The van der Waals surface area contributed by atoms with E-state index >= 15 is 0 Å². The van der Waals surface area contributed by atoms with E-state index in [0.717, 1.165) is 45.0 Å². The van der Waals surface area contributed by atoms with E-state index in [1.165, 1.54) is 16.9 Å². The molecule has 3 rings (SSSR count). The molecular formula is C21H21ClN2OS2. The molecule has 0 fully saturated rings. The van der Waals surface area contributed by atoms with Gasteiger partial charge in [0.15, 0.2) is 5.13 Å². The van der Waals surface area contributed by atoms with Crippen LogP contribution in [0, 0.1) is 0 Å². The summed E-state index contributed by atoms with van der Waals surface area (Å²) in [5.41, 5.74) is 4.29. The van der Waals surface area contributed by atoms with Crippen LogP contribution in [0.15, 0.2) is 53.9 Å². The van der Waals surface area contributed by atoms with Crippen molar-refractivity contribution in [1.82, 2.24) is 4.98 Å². The van der Waals surface area contributed by atoms with Gasteiger partial charge in [0.1, 0.15) is 0 Å². The molecule has 0 aliphatic rings. The minimum Gasteiger partial charge on any atom is -0.274 e. The van der Waals surface area contributed by atoms with Crippen LogP contribution in [-0.2, 0) is 22.7 Å². The summed E-state index contributed by atoms with van der Waals surface area (Å²) in [5, 5.41) is 3.52. The molecule has 0 unspecified atom stereocenters. The molecule has 3 aromatic rings. The van der Waals surface area contributed by atoms with Crippen LogP contribution in [0.25, 0.3) is 0 Å². The lowest BCUT2D eigenvalue weighted by atomic mass is 10.1. The molecule has 0 saturated heterocycles. The number of hydrogen-bond donors (Lipinski definition) is 0. The van der Waals surface area contributed by atoms with Crippen molar-refractivity contribution in [2.24, 2.45) is 0 Å². The van der Waals surface area contributed by atoms with Crippen molar-refractivity contribution in [1.29, 1.82) is 0 Å². The largest absolute Gasteiger partial charge is 0.274 e. The minimum atomic E-state index is -0.0226. The number of carbonyl (C=O) groups is 1. The number of anilines is 2. The van der Waals surface area contributed by atoms with Gasteiger partial charge in [-0.25, -0.2) is 4.98 Å². The van der Waals surface area contributed by atoms with Crippen LogP contribution in [0.1, 0.15) is 30.7 Å². The normalized spacial score (nSPS) is 10.8.